The predicted octanol–water partition coefficient (Wildman–Crippen LogP) is 4.13. The highest BCUT2D eigenvalue weighted by Gasteiger charge is 2.10. The van der Waals surface area contributed by atoms with Crippen molar-refractivity contribution in [3.05, 3.63) is 64.7 Å². The Labute approximate surface area is 120 Å². The second kappa shape index (κ2) is 6.38. The SMILES string of the molecule is COc1ccccc1CCC(=O)c1ccc(C)cc1C. The lowest BCUT2D eigenvalue weighted by Gasteiger charge is -2.09. The maximum absolute atomic E-state index is 12.3. The van der Waals surface area contributed by atoms with Gasteiger partial charge < -0.3 is 4.74 Å². The van der Waals surface area contributed by atoms with Crippen molar-refractivity contribution >= 4 is 5.78 Å². The average Bonchev–Trinajstić information content (AvgIpc) is 2.45. The molecule has 0 unspecified atom stereocenters. The lowest BCUT2D eigenvalue weighted by atomic mass is 9.97. The molecule has 0 bridgehead atoms. The predicted molar refractivity (Wildman–Crippen MR) is 81.6 cm³/mol. The molecule has 0 atom stereocenters. The van der Waals surface area contributed by atoms with Gasteiger partial charge in [-0.1, -0.05) is 42.0 Å². The van der Waals surface area contributed by atoms with E-state index in [1.165, 1.54) is 5.56 Å². The van der Waals surface area contributed by atoms with E-state index in [0.717, 1.165) is 22.4 Å². The van der Waals surface area contributed by atoms with E-state index < -0.39 is 0 Å². The molecule has 0 heterocycles. The fraction of sp³-hybridized carbons (Fsp3) is 0.278. The number of ether oxygens (including phenoxy) is 1. The number of para-hydroxylation sites is 1. The minimum atomic E-state index is 0.188. The number of hydrogen-bond acceptors (Lipinski definition) is 2. The van der Waals surface area contributed by atoms with Gasteiger partial charge in [0.25, 0.3) is 0 Å². The van der Waals surface area contributed by atoms with Crippen molar-refractivity contribution in [2.45, 2.75) is 26.7 Å². The van der Waals surface area contributed by atoms with Crippen LogP contribution < -0.4 is 4.74 Å². The van der Waals surface area contributed by atoms with E-state index in [4.69, 9.17) is 4.74 Å². The van der Waals surface area contributed by atoms with Crippen LogP contribution in [0, 0.1) is 13.8 Å². The van der Waals surface area contributed by atoms with Gasteiger partial charge in [0.1, 0.15) is 5.75 Å². The number of aryl methyl sites for hydroxylation is 3. The van der Waals surface area contributed by atoms with Crippen LogP contribution in [0.25, 0.3) is 0 Å². The first kappa shape index (κ1) is 14.3. The number of Topliss-reactive ketones (excluding diaryl/α,β-unsaturated/α-hetero) is 1. The molecule has 2 heteroatoms. The summed E-state index contributed by atoms with van der Waals surface area (Å²) in [4.78, 5) is 12.3. The molecule has 0 saturated heterocycles. The summed E-state index contributed by atoms with van der Waals surface area (Å²) in [6.45, 7) is 4.03. The van der Waals surface area contributed by atoms with E-state index in [-0.39, 0.29) is 5.78 Å². The number of benzene rings is 2. The van der Waals surface area contributed by atoms with E-state index in [1.54, 1.807) is 7.11 Å². The van der Waals surface area contributed by atoms with Gasteiger partial charge in [-0.3, -0.25) is 4.79 Å². The summed E-state index contributed by atoms with van der Waals surface area (Å²) in [7, 11) is 1.66. The molecule has 0 fully saturated rings. The Balaban J connectivity index is 2.09. The van der Waals surface area contributed by atoms with Gasteiger partial charge in [0.15, 0.2) is 5.78 Å². The zero-order valence-electron chi connectivity index (χ0n) is 12.3. The monoisotopic (exact) mass is 268 g/mol. The Morgan fingerprint density at radius 2 is 1.85 bits per heavy atom. The zero-order chi connectivity index (χ0) is 14.5. The third kappa shape index (κ3) is 3.27. The fourth-order valence-corrected chi connectivity index (χ4v) is 2.42. The van der Waals surface area contributed by atoms with Crippen LogP contribution >= 0.6 is 0 Å². The smallest absolute Gasteiger partial charge is 0.163 e. The van der Waals surface area contributed by atoms with Crippen molar-refractivity contribution in [2.24, 2.45) is 0 Å². The normalized spacial score (nSPS) is 10.3. The van der Waals surface area contributed by atoms with Crippen LogP contribution in [0.15, 0.2) is 42.5 Å². The maximum Gasteiger partial charge on any atom is 0.163 e. The molecule has 0 aromatic heterocycles. The molecule has 0 aliphatic carbocycles. The van der Waals surface area contributed by atoms with Crippen LogP contribution in [0.1, 0.15) is 33.5 Å². The van der Waals surface area contributed by atoms with E-state index >= 15 is 0 Å². The second-order valence-electron chi connectivity index (χ2n) is 5.05. The van der Waals surface area contributed by atoms with Gasteiger partial charge in [-0.25, -0.2) is 0 Å². The number of rotatable bonds is 5. The van der Waals surface area contributed by atoms with Crippen LogP contribution in [0.5, 0.6) is 5.75 Å². The first-order valence-corrected chi connectivity index (χ1v) is 6.84. The molecule has 2 nitrogen and oxygen atoms in total. The molecule has 104 valence electrons. The van der Waals surface area contributed by atoms with Crippen molar-refractivity contribution in [1.82, 2.24) is 0 Å². The topological polar surface area (TPSA) is 26.3 Å². The lowest BCUT2D eigenvalue weighted by Crippen LogP contribution is -2.04. The third-order valence-corrected chi connectivity index (χ3v) is 3.50. The molecule has 2 aromatic rings. The molecule has 0 saturated carbocycles. The first-order valence-electron chi connectivity index (χ1n) is 6.84. The van der Waals surface area contributed by atoms with Crippen molar-refractivity contribution in [3.8, 4) is 5.75 Å². The van der Waals surface area contributed by atoms with Gasteiger partial charge in [-0.15, -0.1) is 0 Å². The summed E-state index contributed by atoms with van der Waals surface area (Å²) < 4.78 is 5.31. The summed E-state index contributed by atoms with van der Waals surface area (Å²) in [6.07, 6.45) is 1.21. The van der Waals surface area contributed by atoms with Gasteiger partial charge in [0.05, 0.1) is 7.11 Å². The number of methoxy groups -OCH3 is 1. The largest absolute Gasteiger partial charge is 0.496 e. The molecule has 0 amide bonds. The third-order valence-electron chi connectivity index (χ3n) is 3.50. The minimum absolute atomic E-state index is 0.188. The van der Waals surface area contributed by atoms with Crippen LogP contribution in [-0.2, 0) is 6.42 Å². The summed E-state index contributed by atoms with van der Waals surface area (Å²) >= 11 is 0. The molecule has 2 rings (SSSR count). The van der Waals surface area contributed by atoms with E-state index in [1.807, 2.05) is 50.2 Å². The Morgan fingerprint density at radius 3 is 2.55 bits per heavy atom. The molecule has 20 heavy (non-hydrogen) atoms. The molecule has 0 radical (unpaired) electrons. The Hall–Kier alpha value is -2.09. The van der Waals surface area contributed by atoms with E-state index in [0.29, 0.717) is 12.8 Å². The Bertz CT molecular complexity index is 615. The van der Waals surface area contributed by atoms with E-state index in [2.05, 4.69) is 6.07 Å². The van der Waals surface area contributed by atoms with E-state index in [9.17, 15) is 4.79 Å². The molecular formula is C18H20O2. The number of carbonyl (C=O) groups excluding carboxylic acids is 1. The molecule has 0 aliphatic rings. The van der Waals surface area contributed by atoms with Gasteiger partial charge >= 0.3 is 0 Å². The molecule has 0 spiro atoms. The highest BCUT2D eigenvalue weighted by molar-refractivity contribution is 5.97. The molecular weight excluding hydrogens is 248 g/mol. The van der Waals surface area contributed by atoms with Crippen molar-refractivity contribution in [2.75, 3.05) is 7.11 Å². The van der Waals surface area contributed by atoms with Crippen LogP contribution in [0.2, 0.25) is 0 Å². The van der Waals surface area contributed by atoms with Crippen LogP contribution in [-0.4, -0.2) is 12.9 Å². The average molecular weight is 268 g/mol. The molecule has 0 N–H and O–H groups in total. The van der Waals surface area contributed by atoms with Gasteiger partial charge in [0, 0.05) is 12.0 Å². The highest BCUT2D eigenvalue weighted by Crippen LogP contribution is 2.20. The second-order valence-corrected chi connectivity index (χ2v) is 5.05. The number of ketones is 1. The van der Waals surface area contributed by atoms with Crippen LogP contribution in [0.4, 0.5) is 0 Å². The first-order chi connectivity index (χ1) is 9.61. The van der Waals surface area contributed by atoms with Crippen LogP contribution in [0.3, 0.4) is 0 Å². The van der Waals surface area contributed by atoms with Gasteiger partial charge in [-0.2, -0.15) is 0 Å². The van der Waals surface area contributed by atoms with Gasteiger partial charge in [-0.05, 0) is 37.5 Å². The minimum Gasteiger partial charge on any atom is -0.496 e. The Kier molecular flexibility index (Phi) is 4.57. The summed E-state index contributed by atoms with van der Waals surface area (Å²) in [5.41, 5.74) is 4.14. The summed E-state index contributed by atoms with van der Waals surface area (Å²) in [5, 5.41) is 0. The Morgan fingerprint density at radius 1 is 1.10 bits per heavy atom. The number of carbonyl (C=O) groups is 1. The maximum atomic E-state index is 12.3. The number of hydrogen-bond donors (Lipinski definition) is 0. The van der Waals surface area contributed by atoms with Crippen molar-refractivity contribution in [1.29, 1.82) is 0 Å². The molecule has 2 aromatic carbocycles. The zero-order valence-corrected chi connectivity index (χ0v) is 12.3. The summed E-state index contributed by atoms with van der Waals surface area (Å²) in [5.74, 6) is 1.04. The standard InChI is InChI=1S/C18H20O2/c1-13-8-10-16(14(2)12-13)17(19)11-9-15-6-4-5-7-18(15)20-3/h4-8,10,12H,9,11H2,1-3H3. The highest BCUT2D eigenvalue weighted by atomic mass is 16.5. The molecule has 0 aliphatic heterocycles. The van der Waals surface area contributed by atoms with Crippen molar-refractivity contribution < 1.29 is 9.53 Å². The lowest BCUT2D eigenvalue weighted by molar-refractivity contribution is 0.0982. The van der Waals surface area contributed by atoms with Crippen molar-refractivity contribution in [3.63, 3.8) is 0 Å². The quantitative estimate of drug-likeness (QED) is 0.762. The fourth-order valence-electron chi connectivity index (χ4n) is 2.42. The summed E-state index contributed by atoms with van der Waals surface area (Å²) in [6, 6.07) is 13.8. The van der Waals surface area contributed by atoms with Gasteiger partial charge in [0.2, 0.25) is 0 Å².